The minimum atomic E-state index is -3.82. The molecule has 0 radical (unpaired) electrons. The molecule has 1 unspecified atom stereocenters. The van der Waals surface area contributed by atoms with Gasteiger partial charge in [0.2, 0.25) is 10.0 Å². The largest absolute Gasteiger partial charge is 0.396 e. The van der Waals surface area contributed by atoms with Gasteiger partial charge in [-0.1, -0.05) is 13.3 Å². The van der Waals surface area contributed by atoms with Gasteiger partial charge >= 0.3 is 0 Å². The van der Waals surface area contributed by atoms with Gasteiger partial charge in [0.05, 0.1) is 16.7 Å². The molecule has 0 aliphatic heterocycles. The Morgan fingerprint density at radius 1 is 1.50 bits per heavy atom. The lowest BCUT2D eigenvalue weighted by atomic mass is 10.2. The second-order valence-electron chi connectivity index (χ2n) is 3.98. The number of nitrogen functional groups attached to an aromatic ring is 1. The molecule has 1 rings (SSSR count). The second kappa shape index (κ2) is 6.12. The molecular weight excluding hydrogens is 259 g/mol. The average Bonchev–Trinajstić information content (AvgIpc) is 2.30. The van der Waals surface area contributed by atoms with Gasteiger partial charge in [-0.3, -0.25) is 0 Å². The highest BCUT2D eigenvalue weighted by Crippen LogP contribution is 2.16. The molecule has 0 aliphatic rings. The number of aliphatic hydroxyl groups is 1. The molecule has 0 aliphatic carbocycles. The minimum absolute atomic E-state index is 0.0951. The Labute approximate surface area is 106 Å². The van der Waals surface area contributed by atoms with Crippen LogP contribution in [0.4, 0.5) is 10.1 Å². The Morgan fingerprint density at radius 2 is 2.17 bits per heavy atom. The monoisotopic (exact) mass is 276 g/mol. The van der Waals surface area contributed by atoms with E-state index in [-0.39, 0.29) is 17.1 Å². The predicted octanol–water partition coefficient (Wildman–Crippen LogP) is 0.847. The summed E-state index contributed by atoms with van der Waals surface area (Å²) >= 11 is 0. The van der Waals surface area contributed by atoms with Gasteiger partial charge in [0, 0.05) is 6.54 Å². The van der Waals surface area contributed by atoms with Gasteiger partial charge in [0.15, 0.2) is 0 Å². The van der Waals surface area contributed by atoms with E-state index in [0.717, 1.165) is 12.5 Å². The first-order chi connectivity index (χ1) is 8.36. The molecule has 7 heteroatoms. The quantitative estimate of drug-likeness (QED) is 0.671. The first kappa shape index (κ1) is 14.9. The fourth-order valence-corrected chi connectivity index (χ4v) is 2.48. The van der Waals surface area contributed by atoms with Crippen LogP contribution in [0.2, 0.25) is 0 Å². The van der Waals surface area contributed by atoms with Crippen LogP contribution in [-0.2, 0) is 10.0 Å². The highest BCUT2D eigenvalue weighted by molar-refractivity contribution is 7.89. The molecule has 1 atom stereocenters. The van der Waals surface area contributed by atoms with Gasteiger partial charge in [-0.2, -0.15) is 0 Å². The van der Waals surface area contributed by atoms with Crippen molar-refractivity contribution in [2.45, 2.75) is 30.8 Å². The second-order valence-corrected chi connectivity index (χ2v) is 5.74. The molecule has 4 N–H and O–H groups in total. The number of nitrogens with one attached hydrogen (secondary N) is 1. The Kier molecular flexibility index (Phi) is 5.06. The van der Waals surface area contributed by atoms with E-state index in [2.05, 4.69) is 4.72 Å². The molecule has 5 nitrogen and oxygen atoms in total. The SMILES string of the molecule is CCCC(O)CNS(=O)(=O)c1ccc(N)c(F)c1. The van der Waals surface area contributed by atoms with Gasteiger partial charge < -0.3 is 10.8 Å². The van der Waals surface area contributed by atoms with Crippen LogP contribution in [0.3, 0.4) is 0 Å². The van der Waals surface area contributed by atoms with Crippen molar-refractivity contribution in [2.75, 3.05) is 12.3 Å². The van der Waals surface area contributed by atoms with E-state index < -0.39 is 21.9 Å². The number of anilines is 1. The molecule has 0 amide bonds. The summed E-state index contributed by atoms with van der Waals surface area (Å²) in [5.74, 6) is -0.785. The lowest BCUT2D eigenvalue weighted by molar-refractivity contribution is 0.167. The molecule has 0 fully saturated rings. The fourth-order valence-electron chi connectivity index (χ4n) is 1.40. The van der Waals surface area contributed by atoms with E-state index in [1.54, 1.807) is 0 Å². The number of aliphatic hydroxyl groups excluding tert-OH is 1. The van der Waals surface area contributed by atoms with Crippen LogP contribution >= 0.6 is 0 Å². The maximum atomic E-state index is 13.2. The summed E-state index contributed by atoms with van der Waals surface area (Å²) in [6.07, 6.45) is 0.501. The van der Waals surface area contributed by atoms with E-state index in [0.29, 0.717) is 6.42 Å². The van der Waals surface area contributed by atoms with E-state index in [9.17, 15) is 17.9 Å². The van der Waals surface area contributed by atoms with Crippen molar-refractivity contribution in [3.8, 4) is 0 Å². The topological polar surface area (TPSA) is 92.4 Å². The lowest BCUT2D eigenvalue weighted by Gasteiger charge is -2.11. The standard InChI is InChI=1S/C11H17FN2O3S/c1-2-3-8(15)7-14-18(16,17)9-4-5-11(13)10(12)6-9/h4-6,8,14-15H,2-3,7,13H2,1H3. The van der Waals surface area contributed by atoms with Gasteiger partial charge in [-0.25, -0.2) is 17.5 Å². The average molecular weight is 276 g/mol. The van der Waals surface area contributed by atoms with E-state index in [1.807, 2.05) is 6.92 Å². The molecule has 0 bridgehead atoms. The van der Waals surface area contributed by atoms with Crippen molar-refractivity contribution in [3.05, 3.63) is 24.0 Å². The third kappa shape index (κ3) is 3.94. The van der Waals surface area contributed by atoms with Gasteiger partial charge in [0.25, 0.3) is 0 Å². The number of hydrogen-bond acceptors (Lipinski definition) is 4. The van der Waals surface area contributed by atoms with Crippen LogP contribution in [0.5, 0.6) is 0 Å². The molecule has 0 saturated carbocycles. The number of hydrogen-bond donors (Lipinski definition) is 3. The zero-order valence-electron chi connectivity index (χ0n) is 10.1. The van der Waals surface area contributed by atoms with Crippen LogP contribution in [0.15, 0.2) is 23.1 Å². The Morgan fingerprint density at radius 3 is 2.72 bits per heavy atom. The molecule has 0 saturated heterocycles. The van der Waals surface area contributed by atoms with Gasteiger partial charge in [-0.15, -0.1) is 0 Å². The van der Waals surface area contributed by atoms with E-state index in [1.165, 1.54) is 12.1 Å². The Bertz CT molecular complexity index is 505. The highest BCUT2D eigenvalue weighted by Gasteiger charge is 2.16. The number of benzene rings is 1. The zero-order valence-corrected chi connectivity index (χ0v) is 10.9. The molecule has 1 aromatic carbocycles. The van der Waals surface area contributed by atoms with Crippen molar-refractivity contribution in [3.63, 3.8) is 0 Å². The smallest absolute Gasteiger partial charge is 0.240 e. The van der Waals surface area contributed by atoms with Gasteiger partial charge in [0.1, 0.15) is 5.82 Å². The number of rotatable bonds is 6. The molecule has 1 aromatic rings. The number of sulfonamides is 1. The van der Waals surface area contributed by atoms with Crippen molar-refractivity contribution in [1.82, 2.24) is 4.72 Å². The summed E-state index contributed by atoms with van der Waals surface area (Å²) in [4.78, 5) is -0.210. The summed E-state index contributed by atoms with van der Waals surface area (Å²) in [6, 6.07) is 3.25. The Hall–Kier alpha value is -1.18. The maximum Gasteiger partial charge on any atom is 0.240 e. The van der Waals surface area contributed by atoms with Crippen LogP contribution in [0, 0.1) is 5.82 Å². The molecule has 0 heterocycles. The van der Waals surface area contributed by atoms with Crippen LogP contribution in [0.1, 0.15) is 19.8 Å². The summed E-state index contributed by atoms with van der Waals surface area (Å²) < 4.78 is 38.9. The van der Waals surface area contributed by atoms with Gasteiger partial charge in [-0.05, 0) is 24.6 Å². The summed E-state index contributed by atoms with van der Waals surface area (Å²) in [5.41, 5.74) is 5.15. The predicted molar refractivity (Wildman–Crippen MR) is 66.9 cm³/mol. The van der Waals surface area contributed by atoms with Crippen LogP contribution in [-0.4, -0.2) is 26.2 Å². The zero-order chi connectivity index (χ0) is 13.8. The Balaban J connectivity index is 2.77. The minimum Gasteiger partial charge on any atom is -0.396 e. The maximum absolute atomic E-state index is 13.2. The third-order valence-corrected chi connectivity index (χ3v) is 3.83. The first-order valence-corrected chi connectivity index (χ1v) is 7.08. The van der Waals surface area contributed by atoms with Crippen LogP contribution in [0.25, 0.3) is 0 Å². The fraction of sp³-hybridized carbons (Fsp3) is 0.455. The van der Waals surface area contributed by atoms with Crippen molar-refractivity contribution < 1.29 is 17.9 Å². The highest BCUT2D eigenvalue weighted by atomic mass is 32.2. The van der Waals surface area contributed by atoms with Crippen LogP contribution < -0.4 is 10.5 Å². The van der Waals surface area contributed by atoms with Crippen molar-refractivity contribution >= 4 is 15.7 Å². The molecule has 102 valence electrons. The van der Waals surface area contributed by atoms with Crippen molar-refractivity contribution in [2.24, 2.45) is 0 Å². The molecule has 0 spiro atoms. The summed E-state index contributed by atoms with van der Waals surface area (Å²) in [6.45, 7) is 1.79. The van der Waals surface area contributed by atoms with E-state index in [4.69, 9.17) is 5.73 Å². The molecule has 18 heavy (non-hydrogen) atoms. The summed E-state index contributed by atoms with van der Waals surface area (Å²) in [5, 5.41) is 9.44. The normalized spacial score (nSPS) is 13.5. The van der Waals surface area contributed by atoms with E-state index >= 15 is 0 Å². The molecular formula is C11H17FN2O3S. The molecule has 0 aromatic heterocycles. The number of halogens is 1. The number of nitrogens with two attached hydrogens (primary N) is 1. The third-order valence-electron chi connectivity index (χ3n) is 2.41. The van der Waals surface area contributed by atoms with Crippen molar-refractivity contribution in [1.29, 1.82) is 0 Å². The lowest BCUT2D eigenvalue weighted by Crippen LogP contribution is -2.32. The summed E-state index contributed by atoms with van der Waals surface area (Å²) in [7, 11) is -3.82. The first-order valence-electron chi connectivity index (χ1n) is 5.59.